The minimum Gasteiger partial charge on any atom is -0.318 e. The van der Waals surface area contributed by atoms with E-state index in [1.54, 1.807) is 0 Å². The van der Waals surface area contributed by atoms with Crippen molar-refractivity contribution in [2.24, 2.45) is 0 Å². The molecule has 0 saturated carbocycles. The third-order valence-electron chi connectivity index (χ3n) is 0.465. The molecule has 62 valence electrons. The lowest BCUT2D eigenvalue weighted by molar-refractivity contribution is 0.235. The van der Waals surface area contributed by atoms with E-state index >= 15 is 0 Å². The highest BCUT2D eigenvalue weighted by molar-refractivity contribution is 7.61. The van der Waals surface area contributed by atoms with Gasteiger partial charge in [0.1, 0.15) is 0 Å². The Hall–Kier alpha value is 0.260. The molecule has 0 aliphatic carbocycles. The maximum absolute atomic E-state index is 9.95. The van der Waals surface area contributed by atoms with Gasteiger partial charge in [0, 0.05) is 7.11 Å². The van der Waals surface area contributed by atoms with Crippen molar-refractivity contribution >= 4 is 15.6 Å². The standard InChI is InChI=1S/CH7NO6P2/c1-7-9(2,3)8-10(4,5)6/h1H3,(H2,2,3)(H2,4,5,6). The van der Waals surface area contributed by atoms with E-state index in [-0.39, 0.29) is 0 Å². The Bertz CT molecular complexity index is 194. The normalized spacial score (nSPS) is 18.4. The molecule has 0 bridgehead atoms. The van der Waals surface area contributed by atoms with E-state index in [2.05, 4.69) is 8.83 Å². The minimum atomic E-state index is -4.82. The molecule has 0 aromatic carbocycles. The van der Waals surface area contributed by atoms with E-state index in [9.17, 15) is 4.57 Å². The van der Waals surface area contributed by atoms with Crippen molar-refractivity contribution in [3.8, 4) is 0 Å². The van der Waals surface area contributed by atoms with Crippen LogP contribution < -0.4 is 0 Å². The van der Waals surface area contributed by atoms with Crippen LogP contribution in [0.25, 0.3) is 0 Å². The summed E-state index contributed by atoms with van der Waals surface area (Å²) in [5, 5.41) is 6.56. The van der Waals surface area contributed by atoms with Crippen molar-refractivity contribution in [2.45, 2.75) is 0 Å². The first-order valence-corrected chi connectivity index (χ1v) is 5.07. The molecule has 0 aromatic rings. The van der Waals surface area contributed by atoms with Crippen molar-refractivity contribution in [1.82, 2.24) is 0 Å². The van der Waals surface area contributed by atoms with Gasteiger partial charge in [-0.25, -0.2) is 14.0 Å². The molecule has 0 heterocycles. The van der Waals surface area contributed by atoms with Crippen LogP contribution >= 0.6 is 15.6 Å². The summed E-state index contributed by atoms with van der Waals surface area (Å²) < 4.78 is 17.4. The van der Waals surface area contributed by atoms with E-state index < -0.39 is 15.6 Å². The van der Waals surface area contributed by atoms with Crippen LogP contribution in [-0.2, 0) is 13.4 Å². The Morgan fingerprint density at radius 1 is 1.40 bits per heavy atom. The van der Waals surface area contributed by atoms with Crippen LogP contribution in [-0.4, -0.2) is 21.8 Å². The summed E-state index contributed by atoms with van der Waals surface area (Å²) in [6.07, 6.45) is 0. The van der Waals surface area contributed by atoms with Crippen LogP contribution in [0.3, 0.4) is 0 Å². The van der Waals surface area contributed by atoms with E-state index in [4.69, 9.17) is 19.8 Å². The number of hydrogen-bond acceptors (Lipinski definition) is 4. The van der Waals surface area contributed by atoms with E-state index in [0.29, 0.717) is 0 Å². The summed E-state index contributed by atoms with van der Waals surface area (Å²) in [6, 6.07) is 0. The van der Waals surface area contributed by atoms with E-state index in [1.165, 1.54) is 0 Å². The number of nitrogens with one attached hydrogen (secondary N) is 1. The van der Waals surface area contributed by atoms with Gasteiger partial charge in [-0.1, -0.05) is 0 Å². The maximum atomic E-state index is 9.95. The van der Waals surface area contributed by atoms with Gasteiger partial charge < -0.3 is 19.2 Å². The molecule has 0 amide bonds. The first kappa shape index (κ1) is 10.3. The van der Waals surface area contributed by atoms with Gasteiger partial charge in [-0.2, -0.15) is 0 Å². The largest absolute Gasteiger partial charge is 0.477 e. The summed E-state index contributed by atoms with van der Waals surface area (Å²) in [5.74, 6) is 0. The van der Waals surface area contributed by atoms with Gasteiger partial charge in [0.05, 0.1) is 0 Å². The predicted octanol–water partition coefficient (Wildman–Crippen LogP) is 0.259. The SMILES string of the molecule is COP(=N)(O)OP(=O)(O)O. The van der Waals surface area contributed by atoms with Crippen LogP contribution in [0.4, 0.5) is 0 Å². The molecule has 0 aromatic heterocycles. The Kier molecular flexibility index (Phi) is 3.19. The molecular formula is CH7NO6P2. The second-order valence-corrected chi connectivity index (χ2v) is 4.32. The Morgan fingerprint density at radius 3 is 1.90 bits per heavy atom. The molecule has 10 heavy (non-hydrogen) atoms. The average Bonchev–Trinajstić information content (AvgIpc) is 1.60. The zero-order valence-electron chi connectivity index (χ0n) is 4.96. The van der Waals surface area contributed by atoms with Crippen LogP contribution in [0.2, 0.25) is 0 Å². The molecule has 9 heteroatoms. The lowest BCUT2D eigenvalue weighted by Gasteiger charge is -2.11. The molecule has 1 atom stereocenters. The molecule has 0 spiro atoms. The zero-order chi connectivity index (χ0) is 8.41. The van der Waals surface area contributed by atoms with Gasteiger partial charge in [0.25, 0.3) is 0 Å². The van der Waals surface area contributed by atoms with Gasteiger partial charge in [0.15, 0.2) is 0 Å². The highest BCUT2D eigenvalue weighted by Crippen LogP contribution is 2.57. The molecule has 0 fully saturated rings. The fraction of sp³-hybridized carbons (Fsp3) is 1.00. The molecule has 4 N–H and O–H groups in total. The number of phosphoric acid groups is 1. The fourth-order valence-electron chi connectivity index (χ4n) is 0.178. The van der Waals surface area contributed by atoms with Gasteiger partial charge in [-0.3, -0.25) is 0 Å². The summed E-state index contributed by atoms with van der Waals surface area (Å²) >= 11 is 0. The Morgan fingerprint density at radius 2 is 1.80 bits per heavy atom. The van der Waals surface area contributed by atoms with Gasteiger partial charge in [0.2, 0.25) is 0 Å². The third kappa shape index (κ3) is 5.08. The molecule has 0 aliphatic heterocycles. The van der Waals surface area contributed by atoms with Crippen LogP contribution in [0, 0.1) is 5.16 Å². The van der Waals surface area contributed by atoms with Crippen LogP contribution in [0.15, 0.2) is 0 Å². The monoisotopic (exact) mass is 191 g/mol. The second-order valence-electron chi connectivity index (χ2n) is 1.28. The molecule has 0 saturated heterocycles. The zero-order valence-corrected chi connectivity index (χ0v) is 6.75. The van der Waals surface area contributed by atoms with Crippen LogP contribution in [0.5, 0.6) is 0 Å². The summed E-state index contributed by atoms with van der Waals surface area (Å²) in [6.45, 7) is 0. The molecule has 0 rings (SSSR count). The number of hydrogen-bond donors (Lipinski definition) is 4. The lowest BCUT2D eigenvalue weighted by Crippen LogP contribution is -1.88. The topological polar surface area (TPSA) is 120 Å². The van der Waals surface area contributed by atoms with Crippen molar-refractivity contribution < 1.29 is 28.1 Å². The summed E-state index contributed by atoms with van der Waals surface area (Å²) in [7, 11) is -7.96. The first-order valence-electron chi connectivity index (χ1n) is 1.96. The van der Waals surface area contributed by atoms with E-state index in [1.807, 2.05) is 0 Å². The Labute approximate surface area is 56.9 Å². The molecule has 0 radical (unpaired) electrons. The number of rotatable bonds is 3. The van der Waals surface area contributed by atoms with Crippen molar-refractivity contribution in [2.75, 3.05) is 7.11 Å². The Balaban J connectivity index is 4.17. The minimum absolute atomic E-state index is 0.913. The third-order valence-corrected chi connectivity index (χ3v) is 2.70. The smallest absolute Gasteiger partial charge is 0.318 e. The lowest BCUT2D eigenvalue weighted by atomic mass is 11.8. The molecule has 0 aliphatic rings. The second kappa shape index (κ2) is 3.11. The van der Waals surface area contributed by atoms with E-state index in [0.717, 1.165) is 7.11 Å². The highest BCUT2D eigenvalue weighted by atomic mass is 31.3. The summed E-state index contributed by atoms with van der Waals surface area (Å²) in [5.41, 5.74) is 0. The van der Waals surface area contributed by atoms with Gasteiger partial charge >= 0.3 is 15.6 Å². The maximum Gasteiger partial charge on any atom is 0.477 e. The van der Waals surface area contributed by atoms with Crippen molar-refractivity contribution in [3.63, 3.8) is 0 Å². The van der Waals surface area contributed by atoms with Crippen molar-refractivity contribution in [1.29, 1.82) is 5.16 Å². The molecule has 7 nitrogen and oxygen atoms in total. The van der Waals surface area contributed by atoms with Gasteiger partial charge in [-0.15, -0.1) is 0 Å². The summed E-state index contributed by atoms with van der Waals surface area (Å²) in [4.78, 5) is 24.6. The fourth-order valence-corrected chi connectivity index (χ4v) is 1.60. The predicted molar refractivity (Wildman–Crippen MR) is 32.0 cm³/mol. The van der Waals surface area contributed by atoms with Crippen LogP contribution in [0.1, 0.15) is 0 Å². The van der Waals surface area contributed by atoms with Gasteiger partial charge in [-0.05, 0) is 0 Å². The average molecular weight is 191 g/mol. The quantitative estimate of drug-likeness (QED) is 0.474. The first-order chi connectivity index (χ1) is 4.27. The molecule has 1 unspecified atom stereocenters. The van der Waals surface area contributed by atoms with Crippen molar-refractivity contribution in [3.05, 3.63) is 0 Å². The molecular weight excluding hydrogens is 184 g/mol. The highest BCUT2D eigenvalue weighted by Gasteiger charge is 2.26.